The summed E-state index contributed by atoms with van der Waals surface area (Å²) in [6.07, 6.45) is 0. The predicted octanol–water partition coefficient (Wildman–Crippen LogP) is 2.72. The molecule has 0 atom stereocenters. The van der Waals surface area contributed by atoms with Crippen LogP contribution in [0, 0.1) is 6.92 Å². The summed E-state index contributed by atoms with van der Waals surface area (Å²) in [5.74, 6) is 0.587. The molecule has 0 saturated heterocycles. The van der Waals surface area contributed by atoms with Gasteiger partial charge in [0.05, 0.1) is 17.1 Å². The third-order valence-electron chi connectivity index (χ3n) is 2.17. The van der Waals surface area contributed by atoms with Crippen LogP contribution in [0.3, 0.4) is 0 Å². The third kappa shape index (κ3) is 2.88. The number of carbonyl (C=O) groups is 1. The minimum absolute atomic E-state index is 0.169. The number of nitrogens with zero attached hydrogens (tertiary/aromatic N) is 2. The van der Waals surface area contributed by atoms with Crippen molar-refractivity contribution >= 4 is 33.4 Å². The minimum atomic E-state index is -0.294. The number of nitrogens with one attached hydrogen (secondary N) is 1. The Morgan fingerprint density at radius 3 is 3.00 bits per heavy atom. The zero-order chi connectivity index (χ0) is 13.1. The number of hydrogen-bond donors (Lipinski definition) is 1. The van der Waals surface area contributed by atoms with Gasteiger partial charge in [0, 0.05) is 4.47 Å². The maximum absolute atomic E-state index is 11.9. The van der Waals surface area contributed by atoms with Gasteiger partial charge in [-0.2, -0.15) is 4.98 Å². The van der Waals surface area contributed by atoms with Crippen LogP contribution in [0.5, 0.6) is 0 Å². The van der Waals surface area contributed by atoms with E-state index in [0.29, 0.717) is 26.8 Å². The molecule has 1 aromatic heterocycles. The molecule has 18 heavy (non-hydrogen) atoms. The van der Waals surface area contributed by atoms with Crippen LogP contribution in [0.25, 0.3) is 0 Å². The molecular weight excluding hydrogens is 321 g/mol. The van der Waals surface area contributed by atoms with Crippen LogP contribution < -0.4 is 5.32 Å². The molecule has 1 N–H and O–H groups in total. The lowest BCUT2D eigenvalue weighted by atomic mass is 10.2. The van der Waals surface area contributed by atoms with Gasteiger partial charge in [0.15, 0.2) is 5.82 Å². The first-order valence-electron chi connectivity index (χ1n) is 5.09. The Labute approximate surface area is 117 Å². The summed E-state index contributed by atoms with van der Waals surface area (Å²) >= 11 is 9.28. The maximum atomic E-state index is 11.9. The van der Waals surface area contributed by atoms with E-state index < -0.39 is 0 Å². The Hall–Kier alpha value is -1.40. The van der Waals surface area contributed by atoms with Crippen molar-refractivity contribution in [2.45, 2.75) is 13.5 Å². The highest BCUT2D eigenvalue weighted by molar-refractivity contribution is 9.10. The molecule has 0 radical (unpaired) electrons. The first kappa shape index (κ1) is 13.0. The van der Waals surface area contributed by atoms with Gasteiger partial charge in [-0.05, 0) is 35.0 Å². The SMILES string of the molecule is Cc1noc(CNC(=O)c2cccc(Br)c2Cl)n1. The second kappa shape index (κ2) is 5.49. The number of aryl methyl sites for hydroxylation is 1. The summed E-state index contributed by atoms with van der Waals surface area (Å²) in [6.45, 7) is 1.88. The van der Waals surface area contributed by atoms with E-state index in [-0.39, 0.29) is 12.5 Å². The van der Waals surface area contributed by atoms with Crippen molar-refractivity contribution in [3.05, 3.63) is 45.0 Å². The van der Waals surface area contributed by atoms with Gasteiger partial charge in [-0.15, -0.1) is 0 Å². The first-order valence-corrected chi connectivity index (χ1v) is 6.26. The summed E-state index contributed by atoms with van der Waals surface area (Å²) < 4.78 is 5.56. The Balaban J connectivity index is 2.06. The monoisotopic (exact) mass is 329 g/mol. The number of benzene rings is 1. The molecule has 0 unspecified atom stereocenters. The van der Waals surface area contributed by atoms with Gasteiger partial charge in [0.25, 0.3) is 5.91 Å². The van der Waals surface area contributed by atoms with Crippen LogP contribution in [0.1, 0.15) is 22.1 Å². The van der Waals surface area contributed by atoms with Crippen LogP contribution in [0.15, 0.2) is 27.2 Å². The smallest absolute Gasteiger partial charge is 0.253 e. The lowest BCUT2D eigenvalue weighted by Gasteiger charge is -2.05. The number of aromatic nitrogens is 2. The van der Waals surface area contributed by atoms with Gasteiger partial charge in [-0.3, -0.25) is 4.79 Å². The standard InChI is InChI=1S/C11H9BrClN3O2/c1-6-15-9(18-16-6)5-14-11(17)7-3-2-4-8(12)10(7)13/h2-4H,5H2,1H3,(H,14,17). The van der Waals surface area contributed by atoms with E-state index in [0.717, 1.165) is 0 Å². The molecular formula is C11H9BrClN3O2. The normalized spacial score (nSPS) is 10.4. The average Bonchev–Trinajstić information content (AvgIpc) is 2.76. The summed E-state index contributed by atoms with van der Waals surface area (Å²) in [6, 6.07) is 5.14. The molecule has 2 aromatic rings. The second-order valence-electron chi connectivity index (χ2n) is 3.52. The fourth-order valence-electron chi connectivity index (χ4n) is 1.34. The van der Waals surface area contributed by atoms with E-state index in [1.165, 1.54) is 0 Å². The highest BCUT2D eigenvalue weighted by Crippen LogP contribution is 2.25. The van der Waals surface area contributed by atoms with Crippen LogP contribution >= 0.6 is 27.5 Å². The molecule has 94 valence electrons. The van der Waals surface area contributed by atoms with Gasteiger partial charge >= 0.3 is 0 Å². The second-order valence-corrected chi connectivity index (χ2v) is 4.75. The average molecular weight is 331 g/mol. The Kier molecular flexibility index (Phi) is 3.98. The molecule has 1 amide bonds. The van der Waals surface area contributed by atoms with Crippen molar-refractivity contribution in [2.24, 2.45) is 0 Å². The number of carbonyl (C=O) groups excluding carboxylic acids is 1. The molecule has 0 aliphatic heterocycles. The predicted molar refractivity (Wildman–Crippen MR) is 69.4 cm³/mol. The molecule has 0 aliphatic rings. The fourth-order valence-corrected chi connectivity index (χ4v) is 1.92. The molecule has 0 saturated carbocycles. The van der Waals surface area contributed by atoms with E-state index in [1.807, 2.05) is 0 Å². The lowest BCUT2D eigenvalue weighted by Crippen LogP contribution is -2.23. The Morgan fingerprint density at radius 2 is 2.33 bits per heavy atom. The van der Waals surface area contributed by atoms with Crippen LogP contribution in [0.2, 0.25) is 5.02 Å². The largest absolute Gasteiger partial charge is 0.343 e. The number of rotatable bonds is 3. The molecule has 0 bridgehead atoms. The van der Waals surface area contributed by atoms with Crippen molar-refractivity contribution in [1.82, 2.24) is 15.5 Å². The molecule has 2 rings (SSSR count). The number of halogens is 2. The van der Waals surface area contributed by atoms with Crippen molar-refractivity contribution < 1.29 is 9.32 Å². The van der Waals surface area contributed by atoms with E-state index in [1.54, 1.807) is 25.1 Å². The van der Waals surface area contributed by atoms with Crippen LogP contribution in [-0.2, 0) is 6.54 Å². The molecule has 7 heteroatoms. The number of amides is 1. The third-order valence-corrected chi connectivity index (χ3v) is 3.46. The molecule has 1 aromatic carbocycles. The molecule has 0 aliphatic carbocycles. The zero-order valence-corrected chi connectivity index (χ0v) is 11.7. The number of hydrogen-bond acceptors (Lipinski definition) is 4. The van der Waals surface area contributed by atoms with E-state index in [9.17, 15) is 4.79 Å². The molecule has 0 fully saturated rings. The van der Waals surface area contributed by atoms with Gasteiger partial charge in [-0.1, -0.05) is 22.8 Å². The summed E-state index contributed by atoms with van der Waals surface area (Å²) in [7, 11) is 0. The van der Waals surface area contributed by atoms with Gasteiger partial charge in [-0.25, -0.2) is 0 Å². The fraction of sp³-hybridized carbons (Fsp3) is 0.182. The maximum Gasteiger partial charge on any atom is 0.253 e. The highest BCUT2D eigenvalue weighted by Gasteiger charge is 2.13. The Morgan fingerprint density at radius 1 is 1.56 bits per heavy atom. The zero-order valence-electron chi connectivity index (χ0n) is 9.41. The summed E-state index contributed by atoms with van der Waals surface area (Å²) in [5, 5.41) is 6.66. The van der Waals surface area contributed by atoms with Crippen molar-refractivity contribution in [1.29, 1.82) is 0 Å². The quantitative estimate of drug-likeness (QED) is 0.939. The molecule has 5 nitrogen and oxygen atoms in total. The van der Waals surface area contributed by atoms with Gasteiger partial charge in [0.2, 0.25) is 5.89 Å². The summed E-state index contributed by atoms with van der Waals surface area (Å²) in [4.78, 5) is 15.9. The van der Waals surface area contributed by atoms with Crippen molar-refractivity contribution in [3.8, 4) is 0 Å². The lowest BCUT2D eigenvalue weighted by molar-refractivity contribution is 0.0946. The highest BCUT2D eigenvalue weighted by atomic mass is 79.9. The van der Waals surface area contributed by atoms with Gasteiger partial charge < -0.3 is 9.84 Å². The molecule has 0 spiro atoms. The topological polar surface area (TPSA) is 68.0 Å². The van der Waals surface area contributed by atoms with Crippen LogP contribution in [0.4, 0.5) is 0 Å². The van der Waals surface area contributed by atoms with E-state index >= 15 is 0 Å². The van der Waals surface area contributed by atoms with E-state index in [2.05, 4.69) is 31.4 Å². The van der Waals surface area contributed by atoms with Crippen LogP contribution in [-0.4, -0.2) is 16.0 Å². The van der Waals surface area contributed by atoms with E-state index in [4.69, 9.17) is 16.1 Å². The Bertz CT molecular complexity index is 585. The van der Waals surface area contributed by atoms with Crippen molar-refractivity contribution in [2.75, 3.05) is 0 Å². The first-order chi connectivity index (χ1) is 8.58. The van der Waals surface area contributed by atoms with Gasteiger partial charge in [0.1, 0.15) is 0 Å². The summed E-state index contributed by atoms with van der Waals surface area (Å²) in [5.41, 5.74) is 0.391. The van der Waals surface area contributed by atoms with Crippen molar-refractivity contribution in [3.63, 3.8) is 0 Å². The molecule has 1 heterocycles. The minimum Gasteiger partial charge on any atom is -0.343 e.